The van der Waals surface area contributed by atoms with Crippen molar-refractivity contribution in [3.05, 3.63) is 42.7 Å². The van der Waals surface area contributed by atoms with Crippen LogP contribution in [-0.4, -0.2) is 15.0 Å². The third-order valence-electron chi connectivity index (χ3n) is 1.82. The summed E-state index contributed by atoms with van der Waals surface area (Å²) >= 11 is 0. The van der Waals surface area contributed by atoms with E-state index in [-0.39, 0.29) is 0 Å². The number of hydrogen-bond acceptors (Lipinski definition) is 3. The van der Waals surface area contributed by atoms with Gasteiger partial charge >= 0.3 is 0 Å². The van der Waals surface area contributed by atoms with Gasteiger partial charge in [-0.1, -0.05) is 6.07 Å². The fraction of sp³-hybridized carbons (Fsp3) is 0. The molecule has 0 saturated carbocycles. The highest BCUT2D eigenvalue weighted by atomic mass is 14.8. The molecule has 0 amide bonds. The van der Waals surface area contributed by atoms with Gasteiger partial charge in [-0.15, -0.1) is 6.42 Å². The first-order valence-corrected chi connectivity index (χ1v) is 4.09. The molecule has 0 bridgehead atoms. The average molecular weight is 181 g/mol. The fourth-order valence-corrected chi connectivity index (χ4v) is 1.18. The fourth-order valence-electron chi connectivity index (χ4n) is 1.18. The van der Waals surface area contributed by atoms with E-state index in [1.807, 2.05) is 12.1 Å². The second-order valence-electron chi connectivity index (χ2n) is 2.67. The smallest absolute Gasteiger partial charge is 0.124 e. The largest absolute Gasteiger partial charge is 0.264 e. The highest BCUT2D eigenvalue weighted by Gasteiger charge is 2.03. The summed E-state index contributed by atoms with van der Waals surface area (Å²) in [4.78, 5) is 11.9. The molecule has 0 radical (unpaired) electrons. The zero-order valence-electron chi connectivity index (χ0n) is 7.38. The molecule has 0 fully saturated rings. The van der Waals surface area contributed by atoms with E-state index in [1.165, 1.54) is 6.33 Å². The van der Waals surface area contributed by atoms with E-state index < -0.39 is 0 Å². The molecule has 3 heteroatoms. The first-order chi connectivity index (χ1) is 6.92. The van der Waals surface area contributed by atoms with Crippen LogP contribution in [0.3, 0.4) is 0 Å². The van der Waals surface area contributed by atoms with Gasteiger partial charge in [0, 0.05) is 29.7 Å². The minimum atomic E-state index is 0.591. The zero-order chi connectivity index (χ0) is 9.80. The zero-order valence-corrected chi connectivity index (χ0v) is 7.38. The van der Waals surface area contributed by atoms with Gasteiger partial charge in [0.1, 0.15) is 12.0 Å². The topological polar surface area (TPSA) is 38.7 Å². The van der Waals surface area contributed by atoms with Crippen molar-refractivity contribution in [1.82, 2.24) is 15.0 Å². The molecule has 0 aliphatic rings. The Kier molecular flexibility index (Phi) is 2.20. The van der Waals surface area contributed by atoms with Crippen molar-refractivity contribution in [2.75, 3.05) is 0 Å². The number of nitrogens with zero attached hydrogens (tertiary/aromatic N) is 3. The first kappa shape index (κ1) is 8.39. The van der Waals surface area contributed by atoms with E-state index in [2.05, 4.69) is 20.9 Å². The van der Waals surface area contributed by atoms with E-state index in [1.54, 1.807) is 18.6 Å². The van der Waals surface area contributed by atoms with E-state index in [0.717, 1.165) is 11.1 Å². The Hall–Kier alpha value is -2.21. The summed E-state index contributed by atoms with van der Waals surface area (Å²) in [6.07, 6.45) is 11.9. The lowest BCUT2D eigenvalue weighted by molar-refractivity contribution is 1.15. The Bertz CT molecular complexity index is 471. The molecular formula is C11H7N3. The number of hydrogen-bond donors (Lipinski definition) is 0. The van der Waals surface area contributed by atoms with Gasteiger partial charge in [0.15, 0.2) is 0 Å². The Morgan fingerprint density at radius 3 is 2.86 bits per heavy atom. The van der Waals surface area contributed by atoms with Crippen LogP contribution in [0.4, 0.5) is 0 Å². The molecule has 0 atom stereocenters. The highest BCUT2D eigenvalue weighted by Crippen LogP contribution is 2.18. The molecule has 0 aliphatic carbocycles. The van der Waals surface area contributed by atoms with Crippen LogP contribution < -0.4 is 0 Å². The van der Waals surface area contributed by atoms with Crippen LogP contribution in [0, 0.1) is 12.3 Å². The molecule has 14 heavy (non-hydrogen) atoms. The molecular weight excluding hydrogens is 174 g/mol. The van der Waals surface area contributed by atoms with Crippen LogP contribution in [0.2, 0.25) is 0 Å². The van der Waals surface area contributed by atoms with Crippen molar-refractivity contribution in [3.8, 4) is 23.5 Å². The monoisotopic (exact) mass is 181 g/mol. The van der Waals surface area contributed by atoms with Crippen LogP contribution in [0.25, 0.3) is 11.1 Å². The second kappa shape index (κ2) is 3.67. The van der Waals surface area contributed by atoms with Gasteiger partial charge in [0.25, 0.3) is 0 Å². The van der Waals surface area contributed by atoms with Crippen molar-refractivity contribution in [2.45, 2.75) is 0 Å². The SMILES string of the molecule is C#Cc1ncncc1-c1cccnc1. The maximum Gasteiger partial charge on any atom is 0.124 e. The molecule has 2 aromatic rings. The van der Waals surface area contributed by atoms with E-state index in [0.29, 0.717) is 5.69 Å². The molecule has 2 rings (SSSR count). The summed E-state index contributed by atoms with van der Waals surface area (Å²) in [6, 6.07) is 3.77. The molecule has 0 spiro atoms. The number of pyridine rings is 1. The van der Waals surface area contributed by atoms with Gasteiger partial charge in [-0.2, -0.15) is 0 Å². The molecule has 0 unspecified atom stereocenters. The molecule has 66 valence electrons. The predicted octanol–water partition coefficient (Wildman–Crippen LogP) is 1.52. The van der Waals surface area contributed by atoms with Crippen molar-refractivity contribution in [1.29, 1.82) is 0 Å². The Morgan fingerprint density at radius 2 is 2.14 bits per heavy atom. The second-order valence-corrected chi connectivity index (χ2v) is 2.67. The van der Waals surface area contributed by atoms with Gasteiger partial charge in [0.2, 0.25) is 0 Å². The maximum atomic E-state index is 5.33. The van der Waals surface area contributed by atoms with Crippen LogP contribution in [0.15, 0.2) is 37.1 Å². The number of rotatable bonds is 1. The van der Waals surface area contributed by atoms with Crippen molar-refractivity contribution in [3.63, 3.8) is 0 Å². The number of terminal acetylenes is 1. The quantitative estimate of drug-likeness (QED) is 0.626. The van der Waals surface area contributed by atoms with Gasteiger partial charge in [0.05, 0.1) is 0 Å². The van der Waals surface area contributed by atoms with Crippen molar-refractivity contribution >= 4 is 0 Å². The Balaban J connectivity index is 2.58. The van der Waals surface area contributed by atoms with Crippen LogP contribution >= 0.6 is 0 Å². The number of aromatic nitrogens is 3. The van der Waals surface area contributed by atoms with Gasteiger partial charge in [-0.25, -0.2) is 9.97 Å². The summed E-state index contributed by atoms with van der Waals surface area (Å²) in [7, 11) is 0. The molecule has 0 saturated heterocycles. The van der Waals surface area contributed by atoms with E-state index in [9.17, 15) is 0 Å². The summed E-state index contributed by atoms with van der Waals surface area (Å²) in [5.41, 5.74) is 2.36. The predicted molar refractivity (Wildman–Crippen MR) is 53.2 cm³/mol. The highest BCUT2D eigenvalue weighted by molar-refractivity contribution is 5.66. The van der Waals surface area contributed by atoms with Gasteiger partial charge < -0.3 is 0 Å². The molecule has 0 aliphatic heterocycles. The Labute approximate surface area is 81.9 Å². The normalized spacial score (nSPS) is 9.36. The molecule has 2 heterocycles. The standard InChI is InChI=1S/C11H7N3/c1-2-11-10(7-13-8-14-11)9-4-3-5-12-6-9/h1,3-8H. The van der Waals surface area contributed by atoms with Crippen LogP contribution in [0.1, 0.15) is 5.69 Å². The van der Waals surface area contributed by atoms with Crippen molar-refractivity contribution < 1.29 is 0 Å². The lowest BCUT2D eigenvalue weighted by Gasteiger charge is -2.01. The lowest BCUT2D eigenvalue weighted by atomic mass is 10.1. The third-order valence-corrected chi connectivity index (χ3v) is 1.82. The van der Waals surface area contributed by atoms with E-state index >= 15 is 0 Å². The van der Waals surface area contributed by atoms with Crippen molar-refractivity contribution in [2.24, 2.45) is 0 Å². The van der Waals surface area contributed by atoms with Gasteiger partial charge in [-0.3, -0.25) is 4.98 Å². The van der Waals surface area contributed by atoms with Gasteiger partial charge in [-0.05, 0) is 12.0 Å². The third kappa shape index (κ3) is 1.46. The minimum Gasteiger partial charge on any atom is -0.264 e. The summed E-state index contributed by atoms with van der Waals surface area (Å²) in [6.45, 7) is 0. The average Bonchev–Trinajstić information content (AvgIpc) is 2.30. The van der Waals surface area contributed by atoms with E-state index in [4.69, 9.17) is 6.42 Å². The molecule has 0 aromatic carbocycles. The molecule has 3 nitrogen and oxygen atoms in total. The van der Waals surface area contributed by atoms with Crippen LogP contribution in [-0.2, 0) is 0 Å². The molecule has 2 aromatic heterocycles. The lowest BCUT2D eigenvalue weighted by Crippen LogP contribution is -1.90. The minimum absolute atomic E-state index is 0.591. The summed E-state index contributed by atoms with van der Waals surface area (Å²) in [5.74, 6) is 2.52. The first-order valence-electron chi connectivity index (χ1n) is 4.09. The maximum absolute atomic E-state index is 5.33. The van der Waals surface area contributed by atoms with Crippen LogP contribution in [0.5, 0.6) is 0 Å². The Morgan fingerprint density at radius 1 is 1.21 bits per heavy atom. The summed E-state index contributed by atoms with van der Waals surface area (Å²) in [5, 5.41) is 0. The summed E-state index contributed by atoms with van der Waals surface area (Å²) < 4.78 is 0. The molecule has 0 N–H and O–H groups in total.